The van der Waals surface area contributed by atoms with Gasteiger partial charge in [-0.25, -0.2) is 9.97 Å². The molecule has 3 aromatic rings. The van der Waals surface area contributed by atoms with Crippen molar-refractivity contribution in [3.05, 3.63) is 46.8 Å². The minimum Gasteiger partial charge on any atom is -0.369 e. The van der Waals surface area contributed by atoms with E-state index in [1.807, 2.05) is 29.8 Å². The molecule has 0 spiro atoms. The second-order valence-electron chi connectivity index (χ2n) is 4.77. The largest absolute Gasteiger partial charge is 0.369 e. The first-order chi connectivity index (χ1) is 10.2. The molecule has 2 heterocycles. The summed E-state index contributed by atoms with van der Waals surface area (Å²) in [6, 6.07) is 6.16. The van der Waals surface area contributed by atoms with Crippen LogP contribution in [-0.2, 0) is 0 Å². The molecule has 0 bridgehead atoms. The smallest absolute Gasteiger partial charge is 0.180 e. The topological polar surface area (TPSA) is 54.2 Å². The van der Waals surface area contributed by atoms with Crippen molar-refractivity contribution < 1.29 is 0 Å². The number of hydrogen-bond acceptors (Lipinski definition) is 4. The van der Waals surface area contributed by atoms with Crippen molar-refractivity contribution in [2.75, 3.05) is 17.2 Å². The molecule has 6 heteroatoms. The van der Waals surface area contributed by atoms with Crippen molar-refractivity contribution in [1.82, 2.24) is 14.4 Å². The zero-order valence-electron chi connectivity index (χ0n) is 11.9. The molecule has 0 atom stereocenters. The number of nitrogens with one attached hydrogen (secondary N) is 2. The Morgan fingerprint density at radius 2 is 2.19 bits per heavy atom. The van der Waals surface area contributed by atoms with Crippen molar-refractivity contribution in [3.63, 3.8) is 0 Å². The minimum absolute atomic E-state index is 0.725. The number of fused-ring (bicyclic) bond motifs is 1. The second kappa shape index (κ2) is 5.73. The average molecular weight is 346 g/mol. The van der Waals surface area contributed by atoms with E-state index in [9.17, 15) is 0 Å². The fourth-order valence-corrected chi connectivity index (χ4v) is 2.72. The predicted octanol–water partition coefficient (Wildman–Crippen LogP) is 3.98. The number of anilines is 3. The summed E-state index contributed by atoms with van der Waals surface area (Å²) in [5.74, 6) is 1.54. The molecular formula is C15H16BrN5. The Morgan fingerprint density at radius 3 is 2.95 bits per heavy atom. The van der Waals surface area contributed by atoms with Crippen LogP contribution in [0.4, 0.5) is 17.3 Å². The molecule has 5 nitrogen and oxygen atoms in total. The van der Waals surface area contributed by atoms with Gasteiger partial charge in [-0.05, 0) is 47.5 Å². The van der Waals surface area contributed by atoms with Crippen LogP contribution >= 0.6 is 15.9 Å². The van der Waals surface area contributed by atoms with E-state index in [1.165, 1.54) is 5.56 Å². The molecule has 1 aromatic carbocycles. The number of nitrogens with zero attached hydrogens (tertiary/aromatic N) is 3. The highest BCUT2D eigenvalue weighted by molar-refractivity contribution is 9.10. The number of aromatic nitrogens is 3. The molecule has 0 saturated heterocycles. The van der Waals surface area contributed by atoms with Gasteiger partial charge in [-0.1, -0.05) is 6.07 Å². The van der Waals surface area contributed by atoms with Gasteiger partial charge in [-0.2, -0.15) is 0 Å². The standard InChI is InChI=1S/C15H16BrN5/c1-3-17-13-9-21-7-6-18-15(21)14(20-13)19-12-5-4-10(2)8-11(12)16/h4-9,17H,3H2,1-2H3,(H,19,20). The zero-order valence-corrected chi connectivity index (χ0v) is 13.5. The Hall–Kier alpha value is -2.08. The highest BCUT2D eigenvalue weighted by Gasteiger charge is 2.09. The van der Waals surface area contributed by atoms with E-state index in [0.717, 1.165) is 34.0 Å². The summed E-state index contributed by atoms with van der Waals surface area (Å²) in [5, 5.41) is 6.57. The normalized spacial score (nSPS) is 10.8. The molecule has 0 aliphatic heterocycles. The Kier molecular flexibility index (Phi) is 3.79. The van der Waals surface area contributed by atoms with E-state index >= 15 is 0 Å². The summed E-state index contributed by atoms with van der Waals surface area (Å²) in [6.07, 6.45) is 5.61. The maximum Gasteiger partial charge on any atom is 0.180 e. The lowest BCUT2D eigenvalue weighted by Gasteiger charge is -2.11. The van der Waals surface area contributed by atoms with Gasteiger partial charge in [0, 0.05) is 23.4 Å². The Bertz CT molecular complexity index is 781. The summed E-state index contributed by atoms with van der Waals surface area (Å²) < 4.78 is 2.96. The molecule has 0 radical (unpaired) electrons. The Labute approximate surface area is 131 Å². The van der Waals surface area contributed by atoms with Gasteiger partial charge in [-0.15, -0.1) is 0 Å². The van der Waals surface area contributed by atoms with Gasteiger partial charge in [0.25, 0.3) is 0 Å². The van der Waals surface area contributed by atoms with Crippen LogP contribution in [-0.4, -0.2) is 20.9 Å². The average Bonchev–Trinajstić information content (AvgIpc) is 2.91. The van der Waals surface area contributed by atoms with Gasteiger partial charge in [0.05, 0.1) is 11.9 Å². The van der Waals surface area contributed by atoms with Crippen molar-refractivity contribution in [2.45, 2.75) is 13.8 Å². The predicted molar refractivity (Wildman–Crippen MR) is 89.3 cm³/mol. The van der Waals surface area contributed by atoms with Crippen molar-refractivity contribution in [3.8, 4) is 0 Å². The number of benzene rings is 1. The molecule has 0 fully saturated rings. The first-order valence-corrected chi connectivity index (χ1v) is 7.57. The third-order valence-corrected chi connectivity index (χ3v) is 3.77. The van der Waals surface area contributed by atoms with Gasteiger partial charge >= 0.3 is 0 Å². The van der Waals surface area contributed by atoms with E-state index in [-0.39, 0.29) is 0 Å². The van der Waals surface area contributed by atoms with Crippen LogP contribution in [0, 0.1) is 6.92 Å². The number of imidazole rings is 1. The summed E-state index contributed by atoms with van der Waals surface area (Å²) in [7, 11) is 0. The highest BCUT2D eigenvalue weighted by atomic mass is 79.9. The van der Waals surface area contributed by atoms with Crippen molar-refractivity contribution in [1.29, 1.82) is 0 Å². The van der Waals surface area contributed by atoms with E-state index in [4.69, 9.17) is 0 Å². The fourth-order valence-electron chi connectivity index (χ4n) is 2.13. The molecule has 2 aromatic heterocycles. The zero-order chi connectivity index (χ0) is 14.8. The third-order valence-electron chi connectivity index (χ3n) is 3.11. The lowest BCUT2D eigenvalue weighted by atomic mass is 10.2. The maximum absolute atomic E-state index is 4.60. The van der Waals surface area contributed by atoms with Gasteiger partial charge in [-0.3, -0.25) is 0 Å². The monoisotopic (exact) mass is 345 g/mol. The van der Waals surface area contributed by atoms with E-state index in [0.29, 0.717) is 0 Å². The van der Waals surface area contributed by atoms with Crippen LogP contribution in [0.1, 0.15) is 12.5 Å². The van der Waals surface area contributed by atoms with Crippen molar-refractivity contribution >= 4 is 38.9 Å². The number of aryl methyl sites for hydroxylation is 1. The first kappa shape index (κ1) is 13.9. The van der Waals surface area contributed by atoms with Crippen LogP contribution in [0.15, 0.2) is 41.3 Å². The van der Waals surface area contributed by atoms with Gasteiger partial charge in [0.15, 0.2) is 11.5 Å². The summed E-state index contributed by atoms with van der Waals surface area (Å²) >= 11 is 3.58. The summed E-state index contributed by atoms with van der Waals surface area (Å²) in [4.78, 5) is 8.95. The van der Waals surface area contributed by atoms with Crippen LogP contribution in [0.5, 0.6) is 0 Å². The third kappa shape index (κ3) is 2.85. The SMILES string of the molecule is CCNc1cn2ccnc2c(Nc2ccc(C)cc2Br)n1. The second-order valence-corrected chi connectivity index (χ2v) is 5.63. The molecule has 0 aliphatic carbocycles. The number of rotatable bonds is 4. The highest BCUT2D eigenvalue weighted by Crippen LogP contribution is 2.28. The summed E-state index contributed by atoms with van der Waals surface area (Å²) in [5.41, 5.74) is 2.96. The minimum atomic E-state index is 0.725. The molecule has 21 heavy (non-hydrogen) atoms. The number of hydrogen-bond donors (Lipinski definition) is 2. The van der Waals surface area contributed by atoms with Gasteiger partial charge in [0.2, 0.25) is 0 Å². The molecule has 3 rings (SSSR count). The molecule has 2 N–H and O–H groups in total. The molecular weight excluding hydrogens is 330 g/mol. The van der Waals surface area contributed by atoms with Crippen LogP contribution in [0.25, 0.3) is 5.65 Å². The van der Waals surface area contributed by atoms with Gasteiger partial charge < -0.3 is 15.0 Å². The fraction of sp³-hybridized carbons (Fsp3) is 0.200. The first-order valence-electron chi connectivity index (χ1n) is 6.78. The quantitative estimate of drug-likeness (QED) is 0.750. The lowest BCUT2D eigenvalue weighted by molar-refractivity contribution is 1.09. The van der Waals surface area contributed by atoms with E-state index < -0.39 is 0 Å². The Balaban J connectivity index is 2.04. The molecule has 0 amide bonds. The van der Waals surface area contributed by atoms with Crippen molar-refractivity contribution in [2.24, 2.45) is 0 Å². The van der Waals surface area contributed by atoms with E-state index in [2.05, 4.69) is 55.6 Å². The Morgan fingerprint density at radius 1 is 1.33 bits per heavy atom. The van der Waals surface area contributed by atoms with Crippen LogP contribution < -0.4 is 10.6 Å². The molecule has 108 valence electrons. The lowest BCUT2D eigenvalue weighted by Crippen LogP contribution is -2.05. The molecule has 0 aliphatic rings. The summed E-state index contributed by atoms with van der Waals surface area (Å²) in [6.45, 7) is 4.93. The van der Waals surface area contributed by atoms with Gasteiger partial charge in [0.1, 0.15) is 5.82 Å². The van der Waals surface area contributed by atoms with E-state index in [1.54, 1.807) is 6.20 Å². The van der Waals surface area contributed by atoms with Crippen LogP contribution in [0.3, 0.4) is 0 Å². The van der Waals surface area contributed by atoms with Crippen LogP contribution in [0.2, 0.25) is 0 Å². The molecule has 0 saturated carbocycles. The number of halogens is 1. The molecule has 0 unspecified atom stereocenters. The maximum atomic E-state index is 4.60.